The van der Waals surface area contributed by atoms with Gasteiger partial charge in [0.1, 0.15) is 33.5 Å². The molecule has 0 amide bonds. The Bertz CT molecular complexity index is 4410. The molecule has 0 atom stereocenters. The van der Waals surface area contributed by atoms with Gasteiger partial charge in [0.2, 0.25) is 0 Å². The number of rotatable bonds is 7. The SMILES string of the molecule is c1ccc(-n2c3ccccc3c3cc(-c4ccc5oc6cccc(N(c7ccc(-c8ccc9oc%10ccccc%10c9c8)cc7)c7ccc(-c8ccc9oc%10ccccc%10c9c8)cc7)c6c5c4)ccc32)cc1. The van der Waals surface area contributed by atoms with Crippen molar-refractivity contribution in [1.82, 2.24) is 4.57 Å². The molecule has 332 valence electrons. The fourth-order valence-corrected chi connectivity index (χ4v) is 11.0. The number of aromatic nitrogens is 1. The molecule has 0 bridgehead atoms. The standard InChI is InChI=1S/C66H40N2O3/c1-2-11-47(12-3-1)68-57-16-7-4-13-50(57)53-37-45(25-33-58(53)68)46-28-36-64-56(40-46)66-59(17-10-20-65(66)71-64)67(48-29-21-41(22-30-48)43-26-34-62-54(38-43)51-14-5-8-18-60(51)69-62)49-31-23-42(24-32-49)44-27-35-63-55(39-44)52-15-6-9-19-61(52)70-63/h1-40H. The Morgan fingerprint density at radius 1 is 0.268 bits per heavy atom. The van der Waals surface area contributed by atoms with Crippen LogP contribution in [0.25, 0.3) is 127 Å². The van der Waals surface area contributed by atoms with E-state index in [9.17, 15) is 0 Å². The van der Waals surface area contributed by atoms with E-state index in [2.05, 4.69) is 228 Å². The van der Waals surface area contributed by atoms with Crippen LogP contribution in [0.3, 0.4) is 0 Å². The largest absolute Gasteiger partial charge is 0.456 e. The van der Waals surface area contributed by atoms with Gasteiger partial charge in [-0.05, 0) is 149 Å². The lowest BCUT2D eigenvalue weighted by Gasteiger charge is -2.26. The molecule has 0 radical (unpaired) electrons. The molecule has 0 saturated carbocycles. The predicted octanol–water partition coefficient (Wildman–Crippen LogP) is 19.0. The number of hydrogen-bond acceptors (Lipinski definition) is 4. The van der Waals surface area contributed by atoms with Crippen LogP contribution in [0.5, 0.6) is 0 Å². The van der Waals surface area contributed by atoms with E-state index in [0.717, 1.165) is 122 Å². The minimum atomic E-state index is 0.829. The van der Waals surface area contributed by atoms with Crippen molar-refractivity contribution < 1.29 is 13.3 Å². The molecular weight excluding hydrogens is 869 g/mol. The average Bonchev–Trinajstić information content (AvgIpc) is 4.20. The third-order valence-electron chi connectivity index (χ3n) is 14.4. The fourth-order valence-electron chi connectivity index (χ4n) is 11.0. The summed E-state index contributed by atoms with van der Waals surface area (Å²) >= 11 is 0. The number of para-hydroxylation sites is 4. The van der Waals surface area contributed by atoms with E-state index in [-0.39, 0.29) is 0 Å². The van der Waals surface area contributed by atoms with E-state index >= 15 is 0 Å². The molecule has 11 aromatic carbocycles. The normalized spacial score (nSPS) is 11.9. The van der Waals surface area contributed by atoms with E-state index in [0.29, 0.717) is 0 Å². The third kappa shape index (κ3) is 6.27. The highest BCUT2D eigenvalue weighted by Gasteiger charge is 2.22. The smallest absolute Gasteiger partial charge is 0.137 e. The van der Waals surface area contributed by atoms with Gasteiger partial charge in [0, 0.05) is 54.8 Å². The molecular formula is C66H40N2O3. The summed E-state index contributed by atoms with van der Waals surface area (Å²) in [6.45, 7) is 0. The number of fused-ring (bicyclic) bond motifs is 12. The summed E-state index contributed by atoms with van der Waals surface area (Å²) in [6, 6.07) is 86.4. The molecule has 4 heterocycles. The first-order valence-corrected chi connectivity index (χ1v) is 24.0. The van der Waals surface area contributed by atoms with E-state index < -0.39 is 0 Å². The quantitative estimate of drug-likeness (QED) is 0.160. The Balaban J connectivity index is 0.872. The average molecular weight is 909 g/mol. The van der Waals surface area contributed by atoms with Crippen LogP contribution in [0.2, 0.25) is 0 Å². The third-order valence-corrected chi connectivity index (χ3v) is 14.4. The molecule has 4 aromatic heterocycles. The molecule has 0 aliphatic heterocycles. The molecule has 0 saturated heterocycles. The minimum Gasteiger partial charge on any atom is -0.456 e. The first-order valence-electron chi connectivity index (χ1n) is 24.0. The number of benzene rings is 11. The van der Waals surface area contributed by atoms with Gasteiger partial charge < -0.3 is 22.7 Å². The van der Waals surface area contributed by atoms with Crippen LogP contribution in [-0.2, 0) is 0 Å². The molecule has 15 rings (SSSR count). The van der Waals surface area contributed by atoms with Crippen molar-refractivity contribution in [2.45, 2.75) is 0 Å². The lowest BCUT2D eigenvalue weighted by Crippen LogP contribution is -2.10. The predicted molar refractivity (Wildman–Crippen MR) is 294 cm³/mol. The summed E-state index contributed by atoms with van der Waals surface area (Å²) in [7, 11) is 0. The first-order chi connectivity index (χ1) is 35.2. The summed E-state index contributed by atoms with van der Waals surface area (Å²) in [4.78, 5) is 2.36. The molecule has 0 spiro atoms. The van der Waals surface area contributed by atoms with E-state index in [1.807, 2.05) is 24.3 Å². The van der Waals surface area contributed by atoms with Gasteiger partial charge in [0.15, 0.2) is 0 Å². The number of furan rings is 3. The van der Waals surface area contributed by atoms with Gasteiger partial charge in [-0.2, -0.15) is 0 Å². The highest BCUT2D eigenvalue weighted by atomic mass is 16.3. The zero-order valence-corrected chi connectivity index (χ0v) is 38.2. The Hall–Kier alpha value is -9.58. The summed E-state index contributed by atoms with van der Waals surface area (Å²) in [5.41, 5.74) is 18.6. The van der Waals surface area contributed by atoms with Crippen LogP contribution in [0, 0.1) is 0 Å². The molecule has 5 heteroatoms. The van der Waals surface area contributed by atoms with Gasteiger partial charge >= 0.3 is 0 Å². The first kappa shape index (κ1) is 39.4. The van der Waals surface area contributed by atoms with Gasteiger partial charge in [0.05, 0.1) is 22.1 Å². The Kier molecular flexibility index (Phi) is 8.59. The Morgan fingerprint density at radius 2 is 0.690 bits per heavy atom. The Morgan fingerprint density at radius 3 is 1.31 bits per heavy atom. The maximum atomic E-state index is 6.71. The van der Waals surface area contributed by atoms with Crippen molar-refractivity contribution >= 4 is 105 Å². The highest BCUT2D eigenvalue weighted by molar-refractivity contribution is 6.15. The topological polar surface area (TPSA) is 47.6 Å². The maximum Gasteiger partial charge on any atom is 0.137 e. The number of nitrogens with zero attached hydrogens (tertiary/aromatic N) is 2. The van der Waals surface area contributed by atoms with Crippen LogP contribution in [0.1, 0.15) is 0 Å². The van der Waals surface area contributed by atoms with Gasteiger partial charge in [0.25, 0.3) is 0 Å². The molecule has 5 nitrogen and oxygen atoms in total. The summed E-state index contributed by atoms with van der Waals surface area (Å²) in [5.74, 6) is 0. The summed E-state index contributed by atoms with van der Waals surface area (Å²) in [5, 5.41) is 9.01. The van der Waals surface area contributed by atoms with Crippen molar-refractivity contribution in [3.05, 3.63) is 243 Å². The second-order valence-corrected chi connectivity index (χ2v) is 18.4. The van der Waals surface area contributed by atoms with Gasteiger partial charge in [-0.1, -0.05) is 127 Å². The number of hydrogen-bond donors (Lipinski definition) is 0. The van der Waals surface area contributed by atoms with Crippen LogP contribution in [-0.4, -0.2) is 4.57 Å². The summed E-state index contributed by atoms with van der Waals surface area (Å²) in [6.07, 6.45) is 0. The fraction of sp³-hybridized carbons (Fsp3) is 0. The molecule has 0 unspecified atom stereocenters. The van der Waals surface area contributed by atoms with Crippen molar-refractivity contribution in [3.8, 4) is 39.1 Å². The highest BCUT2D eigenvalue weighted by Crippen LogP contribution is 2.46. The molecule has 71 heavy (non-hydrogen) atoms. The second-order valence-electron chi connectivity index (χ2n) is 18.4. The van der Waals surface area contributed by atoms with Crippen molar-refractivity contribution in [2.75, 3.05) is 4.90 Å². The molecule has 0 aliphatic rings. The van der Waals surface area contributed by atoms with Gasteiger partial charge in [-0.25, -0.2) is 0 Å². The van der Waals surface area contributed by atoms with Crippen LogP contribution in [0.15, 0.2) is 256 Å². The summed E-state index contributed by atoms with van der Waals surface area (Å²) < 4.78 is 21.4. The lowest BCUT2D eigenvalue weighted by molar-refractivity contribution is 0.668. The van der Waals surface area contributed by atoms with Gasteiger partial charge in [-0.3, -0.25) is 0 Å². The van der Waals surface area contributed by atoms with Crippen LogP contribution < -0.4 is 4.90 Å². The van der Waals surface area contributed by atoms with Crippen LogP contribution in [0.4, 0.5) is 17.1 Å². The Labute approximate surface area is 407 Å². The van der Waals surface area contributed by atoms with E-state index in [1.54, 1.807) is 0 Å². The zero-order valence-electron chi connectivity index (χ0n) is 38.2. The lowest BCUT2D eigenvalue weighted by atomic mass is 9.99. The van der Waals surface area contributed by atoms with E-state index in [1.165, 1.54) is 21.8 Å². The minimum absolute atomic E-state index is 0.829. The van der Waals surface area contributed by atoms with Crippen molar-refractivity contribution in [1.29, 1.82) is 0 Å². The van der Waals surface area contributed by atoms with Gasteiger partial charge in [-0.15, -0.1) is 0 Å². The molecule has 15 aromatic rings. The monoisotopic (exact) mass is 908 g/mol. The zero-order chi connectivity index (χ0) is 46.6. The maximum absolute atomic E-state index is 6.71. The molecule has 0 fully saturated rings. The van der Waals surface area contributed by atoms with E-state index in [4.69, 9.17) is 13.3 Å². The van der Waals surface area contributed by atoms with Crippen LogP contribution >= 0.6 is 0 Å². The van der Waals surface area contributed by atoms with Crippen molar-refractivity contribution in [2.24, 2.45) is 0 Å². The molecule has 0 N–H and O–H groups in total. The molecule has 0 aliphatic carbocycles. The second kappa shape index (κ2) is 15.5. The number of anilines is 3. The van der Waals surface area contributed by atoms with Crippen molar-refractivity contribution in [3.63, 3.8) is 0 Å².